The minimum absolute atomic E-state index is 0.0878. The number of hydrogen-bond acceptors (Lipinski definition) is 8. The molecule has 0 aliphatic heterocycles. The van der Waals surface area contributed by atoms with Gasteiger partial charge in [-0.3, -0.25) is 4.79 Å². The maximum Gasteiger partial charge on any atom is 0.304 e. The van der Waals surface area contributed by atoms with Gasteiger partial charge in [-0.1, -0.05) is 0 Å². The Labute approximate surface area is 159 Å². The fourth-order valence-corrected chi connectivity index (χ4v) is 2.40. The van der Waals surface area contributed by atoms with Gasteiger partial charge in [-0.05, 0) is 29.5 Å². The molecule has 0 aliphatic carbocycles. The van der Waals surface area contributed by atoms with Crippen molar-refractivity contribution in [2.24, 2.45) is 5.73 Å². The molecule has 3 N–H and O–H groups in total. The van der Waals surface area contributed by atoms with E-state index in [0.29, 0.717) is 17.8 Å². The van der Waals surface area contributed by atoms with Crippen LogP contribution in [-0.2, 0) is 17.8 Å². The molecule has 1 atom stereocenters. The number of rotatable bonds is 9. The van der Waals surface area contributed by atoms with E-state index in [4.69, 9.17) is 15.6 Å². The van der Waals surface area contributed by atoms with Gasteiger partial charge in [0.05, 0.1) is 19.6 Å². The SMILES string of the molecule is NC(CC(=O)O)Cn1nnc(-c2ccc(OCCc3ncccn3)c(F)c2)n1. The molecule has 146 valence electrons. The highest BCUT2D eigenvalue weighted by Gasteiger charge is 2.14. The third-order valence-corrected chi connectivity index (χ3v) is 3.68. The lowest BCUT2D eigenvalue weighted by atomic mass is 10.2. The van der Waals surface area contributed by atoms with Crippen LogP contribution in [0.3, 0.4) is 0 Å². The number of halogens is 1. The van der Waals surface area contributed by atoms with Crippen molar-refractivity contribution in [2.75, 3.05) is 6.61 Å². The molecule has 28 heavy (non-hydrogen) atoms. The van der Waals surface area contributed by atoms with Crippen molar-refractivity contribution in [2.45, 2.75) is 25.4 Å². The molecule has 0 fully saturated rings. The van der Waals surface area contributed by atoms with E-state index in [1.165, 1.54) is 16.9 Å². The zero-order chi connectivity index (χ0) is 19.9. The second-order valence-electron chi connectivity index (χ2n) is 5.93. The number of carbonyl (C=O) groups is 1. The highest BCUT2D eigenvalue weighted by atomic mass is 19.1. The molecule has 10 nitrogen and oxygen atoms in total. The van der Waals surface area contributed by atoms with Crippen molar-refractivity contribution < 1.29 is 19.0 Å². The lowest BCUT2D eigenvalue weighted by Gasteiger charge is -2.07. The first kappa shape index (κ1) is 19.3. The van der Waals surface area contributed by atoms with E-state index in [9.17, 15) is 9.18 Å². The predicted molar refractivity (Wildman–Crippen MR) is 94.7 cm³/mol. The summed E-state index contributed by atoms with van der Waals surface area (Å²) in [6, 6.07) is 5.39. The molecular formula is C17H18FN7O3. The van der Waals surface area contributed by atoms with Crippen molar-refractivity contribution in [1.29, 1.82) is 0 Å². The van der Waals surface area contributed by atoms with Crippen LogP contribution in [0.5, 0.6) is 5.75 Å². The van der Waals surface area contributed by atoms with Crippen LogP contribution in [0.1, 0.15) is 12.2 Å². The molecule has 0 aliphatic rings. The first-order chi connectivity index (χ1) is 13.5. The van der Waals surface area contributed by atoms with Gasteiger partial charge in [0.2, 0.25) is 5.82 Å². The molecule has 3 aromatic rings. The van der Waals surface area contributed by atoms with Gasteiger partial charge in [-0.2, -0.15) is 4.80 Å². The molecule has 2 heterocycles. The number of aliphatic carboxylic acids is 1. The Kier molecular flexibility index (Phi) is 6.17. The summed E-state index contributed by atoms with van der Waals surface area (Å²) < 4.78 is 19.7. The van der Waals surface area contributed by atoms with E-state index in [1.807, 2.05) is 0 Å². The molecular weight excluding hydrogens is 369 g/mol. The minimum Gasteiger partial charge on any atom is -0.490 e. The first-order valence-electron chi connectivity index (χ1n) is 8.45. The highest BCUT2D eigenvalue weighted by Crippen LogP contribution is 2.23. The summed E-state index contributed by atoms with van der Waals surface area (Å²) in [4.78, 5) is 20.0. The largest absolute Gasteiger partial charge is 0.490 e. The Morgan fingerprint density at radius 3 is 2.82 bits per heavy atom. The molecule has 0 saturated carbocycles. The van der Waals surface area contributed by atoms with E-state index in [0.717, 1.165) is 0 Å². The van der Waals surface area contributed by atoms with Crippen LogP contribution in [0, 0.1) is 5.82 Å². The van der Waals surface area contributed by atoms with Gasteiger partial charge in [0.1, 0.15) is 5.82 Å². The normalized spacial score (nSPS) is 11.9. The average Bonchev–Trinajstić information content (AvgIpc) is 3.11. The molecule has 0 radical (unpaired) electrons. The van der Waals surface area contributed by atoms with Gasteiger partial charge >= 0.3 is 5.97 Å². The first-order valence-corrected chi connectivity index (χ1v) is 8.45. The molecule has 0 bridgehead atoms. The Morgan fingerprint density at radius 1 is 1.32 bits per heavy atom. The fourth-order valence-electron chi connectivity index (χ4n) is 2.40. The number of carboxylic acid groups (broad SMARTS) is 1. The monoisotopic (exact) mass is 387 g/mol. The summed E-state index contributed by atoms with van der Waals surface area (Å²) in [5, 5.41) is 20.5. The lowest BCUT2D eigenvalue weighted by molar-refractivity contribution is -0.137. The summed E-state index contributed by atoms with van der Waals surface area (Å²) in [5.41, 5.74) is 6.10. The second-order valence-corrected chi connectivity index (χ2v) is 5.93. The summed E-state index contributed by atoms with van der Waals surface area (Å²) in [5.74, 6) is -0.669. The number of benzene rings is 1. The van der Waals surface area contributed by atoms with Gasteiger partial charge in [-0.15, -0.1) is 10.2 Å². The average molecular weight is 387 g/mol. The Bertz CT molecular complexity index is 936. The van der Waals surface area contributed by atoms with Gasteiger partial charge < -0.3 is 15.6 Å². The second kappa shape index (κ2) is 8.95. The Hall–Kier alpha value is -3.47. The van der Waals surface area contributed by atoms with Crippen LogP contribution in [-0.4, -0.2) is 53.9 Å². The van der Waals surface area contributed by atoms with Crippen molar-refractivity contribution in [3.63, 3.8) is 0 Å². The van der Waals surface area contributed by atoms with E-state index in [1.54, 1.807) is 24.5 Å². The number of hydrogen-bond donors (Lipinski definition) is 2. The third-order valence-electron chi connectivity index (χ3n) is 3.68. The molecule has 1 unspecified atom stereocenters. The molecule has 1 aromatic carbocycles. The number of aromatic nitrogens is 6. The highest BCUT2D eigenvalue weighted by molar-refractivity contribution is 5.67. The number of tetrazole rings is 1. The van der Waals surface area contributed by atoms with Crippen molar-refractivity contribution in [1.82, 2.24) is 30.2 Å². The van der Waals surface area contributed by atoms with E-state index < -0.39 is 17.8 Å². The molecule has 0 saturated heterocycles. The van der Waals surface area contributed by atoms with Crippen LogP contribution in [0.15, 0.2) is 36.7 Å². The predicted octanol–water partition coefficient (Wildman–Crippen LogP) is 0.693. The van der Waals surface area contributed by atoms with Gasteiger partial charge in [0.15, 0.2) is 11.6 Å². The van der Waals surface area contributed by atoms with Crippen molar-refractivity contribution in [3.05, 3.63) is 48.3 Å². The summed E-state index contributed by atoms with van der Waals surface area (Å²) >= 11 is 0. The van der Waals surface area contributed by atoms with Crippen molar-refractivity contribution >= 4 is 5.97 Å². The van der Waals surface area contributed by atoms with Crippen LogP contribution < -0.4 is 10.5 Å². The zero-order valence-corrected chi connectivity index (χ0v) is 14.8. The minimum atomic E-state index is -1.01. The number of ether oxygens (including phenoxy) is 1. The van der Waals surface area contributed by atoms with E-state index in [2.05, 4.69) is 25.4 Å². The standard InChI is InChI=1S/C17H18FN7O3/c18-13-8-11(17-22-24-25(23-17)10-12(19)9-16(26)27)2-3-14(13)28-7-4-15-20-5-1-6-21-15/h1-3,5-6,8,12H,4,7,9-10,19H2,(H,26,27). The molecule has 0 amide bonds. The van der Waals surface area contributed by atoms with Gasteiger partial charge in [0, 0.05) is 30.4 Å². The molecule has 2 aromatic heterocycles. The van der Waals surface area contributed by atoms with Crippen LogP contribution in [0.25, 0.3) is 11.4 Å². The summed E-state index contributed by atoms with van der Waals surface area (Å²) in [6.45, 7) is 0.320. The van der Waals surface area contributed by atoms with Crippen LogP contribution in [0.2, 0.25) is 0 Å². The zero-order valence-electron chi connectivity index (χ0n) is 14.8. The number of nitrogens with zero attached hydrogens (tertiary/aromatic N) is 6. The Balaban J connectivity index is 1.60. The third kappa shape index (κ3) is 5.27. The quantitative estimate of drug-likeness (QED) is 0.542. The number of nitrogens with two attached hydrogens (primary N) is 1. The lowest BCUT2D eigenvalue weighted by Crippen LogP contribution is -2.30. The van der Waals surface area contributed by atoms with Crippen LogP contribution in [0.4, 0.5) is 4.39 Å². The molecule has 0 spiro atoms. The fraction of sp³-hybridized carbons (Fsp3) is 0.294. The smallest absolute Gasteiger partial charge is 0.304 e. The van der Waals surface area contributed by atoms with Gasteiger partial charge in [0.25, 0.3) is 0 Å². The van der Waals surface area contributed by atoms with E-state index in [-0.39, 0.29) is 31.1 Å². The van der Waals surface area contributed by atoms with Crippen LogP contribution >= 0.6 is 0 Å². The summed E-state index contributed by atoms with van der Waals surface area (Å²) in [7, 11) is 0. The maximum absolute atomic E-state index is 14.3. The topological polar surface area (TPSA) is 142 Å². The maximum atomic E-state index is 14.3. The van der Waals surface area contributed by atoms with Gasteiger partial charge in [-0.25, -0.2) is 14.4 Å². The number of carboxylic acids is 1. The summed E-state index contributed by atoms with van der Waals surface area (Å²) in [6.07, 6.45) is 3.50. The van der Waals surface area contributed by atoms with Crippen molar-refractivity contribution in [3.8, 4) is 17.1 Å². The Morgan fingerprint density at radius 2 is 2.11 bits per heavy atom. The van der Waals surface area contributed by atoms with E-state index >= 15 is 0 Å². The molecule has 11 heteroatoms. The molecule has 3 rings (SSSR count).